The van der Waals surface area contributed by atoms with Gasteiger partial charge in [0.25, 0.3) is 0 Å². The van der Waals surface area contributed by atoms with Crippen LogP contribution in [0.4, 0.5) is 10.2 Å². The molecule has 1 fully saturated rings. The van der Waals surface area contributed by atoms with Gasteiger partial charge in [-0.15, -0.1) is 0 Å². The Hall–Kier alpha value is -3.14. The molecular weight excluding hydrogens is 335 g/mol. The Bertz CT molecular complexity index is 905. The quantitative estimate of drug-likeness (QED) is 0.518. The SMILES string of the molecule is COc1cc(F)ccc1C(=O)C(=NC1CCCC1)n1ccc(C#N)c1N. The maximum Gasteiger partial charge on any atom is 0.232 e. The Morgan fingerprint density at radius 2 is 2.12 bits per heavy atom. The van der Waals surface area contributed by atoms with Gasteiger partial charge in [-0.2, -0.15) is 5.26 Å². The summed E-state index contributed by atoms with van der Waals surface area (Å²) in [6.07, 6.45) is 5.45. The van der Waals surface area contributed by atoms with Crippen LogP contribution < -0.4 is 10.5 Å². The Morgan fingerprint density at radius 1 is 1.38 bits per heavy atom. The summed E-state index contributed by atoms with van der Waals surface area (Å²) in [6, 6.07) is 7.26. The number of Topliss-reactive ketones (excluding diaryl/α,β-unsaturated/α-hetero) is 1. The number of ketones is 1. The van der Waals surface area contributed by atoms with Gasteiger partial charge in [0.1, 0.15) is 23.5 Å². The van der Waals surface area contributed by atoms with Crippen LogP contribution in [0.15, 0.2) is 35.5 Å². The Balaban J connectivity index is 2.10. The topological polar surface area (TPSA) is 93.4 Å². The first-order chi connectivity index (χ1) is 12.5. The third kappa shape index (κ3) is 3.31. The van der Waals surface area contributed by atoms with Crippen molar-refractivity contribution in [2.75, 3.05) is 12.8 Å². The second kappa shape index (κ2) is 7.40. The van der Waals surface area contributed by atoms with E-state index in [9.17, 15) is 9.18 Å². The fourth-order valence-corrected chi connectivity index (χ4v) is 3.13. The molecule has 7 heteroatoms. The number of benzene rings is 1. The lowest BCUT2D eigenvalue weighted by molar-refractivity contribution is 0.105. The number of rotatable bonds is 4. The molecule has 0 amide bonds. The van der Waals surface area contributed by atoms with Gasteiger partial charge in [0, 0.05) is 12.3 Å². The summed E-state index contributed by atoms with van der Waals surface area (Å²) in [5.74, 6) is -0.541. The number of carbonyl (C=O) groups excluding carboxylic acids is 1. The molecule has 0 bridgehead atoms. The largest absolute Gasteiger partial charge is 0.496 e. The maximum absolute atomic E-state index is 13.5. The highest BCUT2D eigenvalue weighted by Gasteiger charge is 2.25. The van der Waals surface area contributed by atoms with E-state index in [1.54, 1.807) is 6.20 Å². The fourth-order valence-electron chi connectivity index (χ4n) is 3.13. The summed E-state index contributed by atoms with van der Waals surface area (Å²) in [4.78, 5) is 17.8. The van der Waals surface area contributed by atoms with Gasteiger partial charge in [0.05, 0.1) is 24.3 Å². The van der Waals surface area contributed by atoms with Crippen molar-refractivity contribution in [3.63, 3.8) is 0 Å². The highest BCUT2D eigenvalue weighted by atomic mass is 19.1. The predicted molar refractivity (Wildman–Crippen MR) is 95.9 cm³/mol. The van der Waals surface area contributed by atoms with Gasteiger partial charge in [-0.05, 0) is 31.0 Å². The Labute approximate surface area is 150 Å². The van der Waals surface area contributed by atoms with Crippen LogP contribution in [0.25, 0.3) is 0 Å². The van der Waals surface area contributed by atoms with Crippen molar-refractivity contribution in [3.8, 4) is 11.8 Å². The molecule has 0 aliphatic heterocycles. The summed E-state index contributed by atoms with van der Waals surface area (Å²) in [5.41, 5.74) is 6.47. The fraction of sp³-hybridized carbons (Fsp3) is 0.316. The lowest BCUT2D eigenvalue weighted by Gasteiger charge is -2.14. The molecule has 0 unspecified atom stereocenters. The molecule has 0 saturated heterocycles. The number of nitrogen functional groups attached to an aromatic ring is 1. The zero-order valence-electron chi connectivity index (χ0n) is 14.4. The summed E-state index contributed by atoms with van der Waals surface area (Å²) in [5, 5.41) is 9.14. The van der Waals surface area contributed by atoms with Crippen LogP contribution in [0.5, 0.6) is 5.75 Å². The van der Waals surface area contributed by atoms with Crippen molar-refractivity contribution < 1.29 is 13.9 Å². The van der Waals surface area contributed by atoms with Gasteiger partial charge in [0.2, 0.25) is 5.78 Å². The summed E-state index contributed by atoms with van der Waals surface area (Å²) < 4.78 is 20.0. The maximum atomic E-state index is 13.5. The lowest BCUT2D eigenvalue weighted by Crippen LogP contribution is -2.26. The average Bonchev–Trinajstić information content (AvgIpc) is 3.28. The number of halogens is 1. The van der Waals surface area contributed by atoms with Crippen LogP contribution in [0.3, 0.4) is 0 Å². The number of aromatic nitrogens is 1. The first kappa shape index (κ1) is 17.7. The van der Waals surface area contributed by atoms with E-state index in [1.165, 1.54) is 29.9 Å². The minimum atomic E-state index is -0.500. The van der Waals surface area contributed by atoms with E-state index in [2.05, 4.69) is 4.99 Å². The van der Waals surface area contributed by atoms with Gasteiger partial charge in [-0.25, -0.2) is 4.39 Å². The molecule has 2 aromatic rings. The second-order valence-electron chi connectivity index (χ2n) is 6.16. The van der Waals surface area contributed by atoms with Gasteiger partial charge in [0.15, 0.2) is 5.84 Å². The molecule has 134 valence electrons. The van der Waals surface area contributed by atoms with Crippen molar-refractivity contribution in [2.45, 2.75) is 31.7 Å². The average molecular weight is 354 g/mol. The number of carbonyl (C=O) groups is 1. The molecule has 0 radical (unpaired) electrons. The number of anilines is 1. The van der Waals surface area contributed by atoms with Gasteiger partial charge < -0.3 is 10.5 Å². The third-order valence-corrected chi connectivity index (χ3v) is 4.52. The molecule has 1 aromatic carbocycles. The van der Waals surface area contributed by atoms with E-state index in [4.69, 9.17) is 15.7 Å². The van der Waals surface area contributed by atoms with Crippen molar-refractivity contribution in [1.29, 1.82) is 5.26 Å². The number of aliphatic imine (C=N–C) groups is 1. The monoisotopic (exact) mass is 354 g/mol. The summed E-state index contributed by atoms with van der Waals surface area (Å²) in [7, 11) is 1.37. The molecular formula is C19H19FN4O2. The van der Waals surface area contributed by atoms with Crippen LogP contribution in [0, 0.1) is 17.1 Å². The van der Waals surface area contributed by atoms with Gasteiger partial charge in [-0.3, -0.25) is 14.4 Å². The van der Waals surface area contributed by atoms with E-state index in [0.29, 0.717) is 0 Å². The molecule has 26 heavy (non-hydrogen) atoms. The zero-order chi connectivity index (χ0) is 18.7. The molecule has 0 atom stereocenters. The first-order valence-electron chi connectivity index (χ1n) is 8.38. The van der Waals surface area contributed by atoms with Crippen molar-refractivity contribution in [3.05, 3.63) is 47.4 Å². The number of nitrogens with zero attached hydrogens (tertiary/aromatic N) is 3. The van der Waals surface area contributed by atoms with Crippen LogP contribution in [0.2, 0.25) is 0 Å². The molecule has 6 nitrogen and oxygen atoms in total. The van der Waals surface area contributed by atoms with E-state index in [0.717, 1.165) is 31.7 Å². The normalized spacial score (nSPS) is 15.0. The Morgan fingerprint density at radius 3 is 2.73 bits per heavy atom. The lowest BCUT2D eigenvalue weighted by atomic mass is 10.1. The first-order valence-corrected chi connectivity index (χ1v) is 8.38. The number of hydrogen-bond donors (Lipinski definition) is 1. The number of hydrogen-bond acceptors (Lipinski definition) is 5. The van der Waals surface area contributed by atoms with E-state index < -0.39 is 11.6 Å². The molecule has 0 spiro atoms. The predicted octanol–water partition coefficient (Wildman–Crippen LogP) is 3.16. The van der Waals surface area contributed by atoms with Crippen molar-refractivity contribution >= 4 is 17.4 Å². The highest BCUT2D eigenvalue weighted by molar-refractivity contribution is 6.46. The number of methoxy groups -OCH3 is 1. The zero-order valence-corrected chi connectivity index (χ0v) is 14.4. The Kier molecular flexibility index (Phi) is 5.03. The summed E-state index contributed by atoms with van der Waals surface area (Å²) in [6.45, 7) is 0. The minimum absolute atomic E-state index is 0.0210. The molecule has 3 rings (SSSR count). The molecule has 1 aliphatic rings. The van der Waals surface area contributed by atoms with Crippen LogP contribution in [0.1, 0.15) is 41.6 Å². The second-order valence-corrected chi connectivity index (χ2v) is 6.16. The van der Waals surface area contributed by atoms with Crippen LogP contribution in [-0.4, -0.2) is 29.3 Å². The highest BCUT2D eigenvalue weighted by Crippen LogP contribution is 2.25. The van der Waals surface area contributed by atoms with E-state index >= 15 is 0 Å². The number of ether oxygens (including phenoxy) is 1. The number of nitriles is 1. The van der Waals surface area contributed by atoms with Crippen LogP contribution in [-0.2, 0) is 0 Å². The molecule has 1 saturated carbocycles. The summed E-state index contributed by atoms with van der Waals surface area (Å²) >= 11 is 0. The standard InChI is InChI=1S/C19H19FN4O2/c1-26-16-10-13(20)6-7-15(16)17(25)19(23-14-4-2-3-5-14)24-9-8-12(11-21)18(24)22/h6-10,14H,2-5,22H2,1H3. The smallest absolute Gasteiger partial charge is 0.232 e. The minimum Gasteiger partial charge on any atom is -0.496 e. The van der Waals surface area contributed by atoms with E-state index in [1.807, 2.05) is 6.07 Å². The molecule has 2 N–H and O–H groups in total. The molecule has 1 heterocycles. The van der Waals surface area contributed by atoms with Crippen LogP contribution >= 0.6 is 0 Å². The van der Waals surface area contributed by atoms with Gasteiger partial charge >= 0.3 is 0 Å². The van der Waals surface area contributed by atoms with Crippen molar-refractivity contribution in [2.24, 2.45) is 4.99 Å². The molecule has 1 aromatic heterocycles. The number of nitrogens with two attached hydrogens (primary N) is 1. The van der Waals surface area contributed by atoms with E-state index in [-0.39, 0.29) is 34.6 Å². The van der Waals surface area contributed by atoms with Crippen molar-refractivity contribution in [1.82, 2.24) is 4.57 Å². The molecule has 1 aliphatic carbocycles. The van der Waals surface area contributed by atoms with Gasteiger partial charge in [-0.1, -0.05) is 12.8 Å². The third-order valence-electron chi connectivity index (χ3n) is 4.52.